The number of hydrogen-bond donors (Lipinski definition) is 1. The van der Waals surface area contributed by atoms with E-state index < -0.39 is 0 Å². The molecule has 6 heteroatoms. The van der Waals surface area contributed by atoms with E-state index in [9.17, 15) is 0 Å². The van der Waals surface area contributed by atoms with Crippen molar-refractivity contribution < 1.29 is 9.47 Å². The second kappa shape index (κ2) is 7.03. The fourth-order valence-electron chi connectivity index (χ4n) is 2.87. The van der Waals surface area contributed by atoms with E-state index in [1.165, 1.54) is 0 Å². The monoisotopic (exact) mass is 336 g/mol. The Kier molecular flexibility index (Phi) is 4.43. The standard InChI is InChI=1S/C19H20N4O2/c1-13-21-9-16(10-22-13)23-19-18-3-2-17(8-15(18)4-6-20-19)25-12-14-5-7-24-11-14/h2-4,6,8-10,14H,5,7,11-12H2,1H3,(H,20,23). The van der Waals surface area contributed by atoms with Crippen LogP contribution in [0.15, 0.2) is 42.9 Å². The van der Waals surface area contributed by atoms with Gasteiger partial charge in [0.15, 0.2) is 0 Å². The zero-order valence-corrected chi connectivity index (χ0v) is 14.1. The van der Waals surface area contributed by atoms with Crippen LogP contribution in [0.4, 0.5) is 11.5 Å². The zero-order valence-electron chi connectivity index (χ0n) is 14.1. The molecule has 1 aromatic carbocycles. The molecule has 25 heavy (non-hydrogen) atoms. The third kappa shape index (κ3) is 3.69. The van der Waals surface area contributed by atoms with Crippen molar-refractivity contribution in [3.05, 3.63) is 48.7 Å². The Morgan fingerprint density at radius 1 is 1.20 bits per heavy atom. The first-order valence-corrected chi connectivity index (χ1v) is 8.43. The highest BCUT2D eigenvalue weighted by Gasteiger charge is 2.16. The number of pyridine rings is 1. The lowest BCUT2D eigenvalue weighted by atomic mass is 10.1. The van der Waals surface area contributed by atoms with Gasteiger partial charge in [0.05, 0.1) is 31.3 Å². The molecular formula is C19H20N4O2. The first kappa shape index (κ1) is 15.8. The van der Waals surface area contributed by atoms with Crippen LogP contribution >= 0.6 is 0 Å². The molecule has 1 fully saturated rings. The molecule has 0 amide bonds. The number of rotatable bonds is 5. The van der Waals surface area contributed by atoms with E-state index in [1.807, 2.05) is 31.2 Å². The lowest BCUT2D eigenvalue weighted by Crippen LogP contribution is -2.11. The maximum atomic E-state index is 5.93. The molecule has 1 aliphatic rings. The highest BCUT2D eigenvalue weighted by Crippen LogP contribution is 2.27. The van der Waals surface area contributed by atoms with Crippen molar-refractivity contribution in [2.75, 3.05) is 25.1 Å². The van der Waals surface area contributed by atoms with Crippen LogP contribution in [0.3, 0.4) is 0 Å². The van der Waals surface area contributed by atoms with Crippen LogP contribution in [-0.4, -0.2) is 34.8 Å². The summed E-state index contributed by atoms with van der Waals surface area (Å²) in [5.41, 5.74) is 0.812. The molecule has 6 nitrogen and oxygen atoms in total. The van der Waals surface area contributed by atoms with E-state index >= 15 is 0 Å². The van der Waals surface area contributed by atoms with Crippen LogP contribution in [0.1, 0.15) is 12.2 Å². The van der Waals surface area contributed by atoms with Gasteiger partial charge in [-0.15, -0.1) is 0 Å². The summed E-state index contributed by atoms with van der Waals surface area (Å²) in [6.45, 7) is 4.20. The summed E-state index contributed by atoms with van der Waals surface area (Å²) >= 11 is 0. The Hall–Kier alpha value is -2.73. The lowest BCUT2D eigenvalue weighted by molar-refractivity contribution is 0.167. The van der Waals surface area contributed by atoms with Crippen molar-refractivity contribution in [2.45, 2.75) is 13.3 Å². The second-order valence-electron chi connectivity index (χ2n) is 6.23. The van der Waals surface area contributed by atoms with Crippen molar-refractivity contribution in [3.8, 4) is 5.75 Å². The van der Waals surface area contributed by atoms with E-state index in [0.717, 1.165) is 53.5 Å². The molecule has 3 aromatic rings. The smallest absolute Gasteiger partial charge is 0.138 e. The maximum absolute atomic E-state index is 5.93. The number of ether oxygens (including phenoxy) is 2. The molecule has 3 heterocycles. The average Bonchev–Trinajstić information content (AvgIpc) is 3.15. The molecule has 0 radical (unpaired) electrons. The van der Waals surface area contributed by atoms with Gasteiger partial charge in [0, 0.05) is 24.1 Å². The van der Waals surface area contributed by atoms with Gasteiger partial charge in [-0.3, -0.25) is 0 Å². The van der Waals surface area contributed by atoms with Gasteiger partial charge in [0.1, 0.15) is 17.4 Å². The molecule has 1 aliphatic heterocycles. The van der Waals surface area contributed by atoms with Gasteiger partial charge >= 0.3 is 0 Å². The first-order valence-electron chi connectivity index (χ1n) is 8.43. The van der Waals surface area contributed by atoms with Gasteiger partial charge in [-0.2, -0.15) is 0 Å². The van der Waals surface area contributed by atoms with Crippen LogP contribution in [0, 0.1) is 12.8 Å². The molecule has 0 saturated carbocycles. The Morgan fingerprint density at radius 3 is 2.88 bits per heavy atom. The topological polar surface area (TPSA) is 69.2 Å². The van der Waals surface area contributed by atoms with Gasteiger partial charge in [0.25, 0.3) is 0 Å². The van der Waals surface area contributed by atoms with Crippen LogP contribution in [0.5, 0.6) is 5.75 Å². The summed E-state index contributed by atoms with van der Waals surface area (Å²) in [6.07, 6.45) is 6.37. The molecule has 0 aliphatic carbocycles. The molecule has 0 spiro atoms. The second-order valence-corrected chi connectivity index (χ2v) is 6.23. The number of aromatic nitrogens is 3. The molecule has 1 unspecified atom stereocenters. The lowest BCUT2D eigenvalue weighted by Gasteiger charge is -2.12. The third-order valence-electron chi connectivity index (χ3n) is 4.29. The summed E-state index contributed by atoms with van der Waals surface area (Å²) in [5, 5.41) is 5.38. The van der Waals surface area contributed by atoms with Crippen molar-refractivity contribution in [1.82, 2.24) is 15.0 Å². The molecule has 2 aromatic heterocycles. The number of fused-ring (bicyclic) bond motifs is 1. The molecule has 4 rings (SSSR count). The molecular weight excluding hydrogens is 316 g/mol. The van der Waals surface area contributed by atoms with E-state index in [0.29, 0.717) is 12.5 Å². The highest BCUT2D eigenvalue weighted by atomic mass is 16.5. The van der Waals surface area contributed by atoms with E-state index in [1.54, 1.807) is 18.6 Å². The molecule has 128 valence electrons. The van der Waals surface area contributed by atoms with Crippen molar-refractivity contribution in [2.24, 2.45) is 5.92 Å². The highest BCUT2D eigenvalue weighted by molar-refractivity contribution is 5.93. The average molecular weight is 336 g/mol. The van der Waals surface area contributed by atoms with Gasteiger partial charge < -0.3 is 14.8 Å². The van der Waals surface area contributed by atoms with Crippen LogP contribution in [0.2, 0.25) is 0 Å². The van der Waals surface area contributed by atoms with Gasteiger partial charge in [-0.25, -0.2) is 15.0 Å². The minimum Gasteiger partial charge on any atom is -0.493 e. The molecule has 1 N–H and O–H groups in total. The van der Waals surface area contributed by atoms with E-state index in [4.69, 9.17) is 9.47 Å². The van der Waals surface area contributed by atoms with Crippen molar-refractivity contribution >= 4 is 22.3 Å². The summed E-state index contributed by atoms with van der Waals surface area (Å²) in [4.78, 5) is 12.8. The molecule has 0 bridgehead atoms. The summed E-state index contributed by atoms with van der Waals surface area (Å²) in [6, 6.07) is 8.04. The van der Waals surface area contributed by atoms with Crippen molar-refractivity contribution in [1.29, 1.82) is 0 Å². The predicted molar refractivity (Wildman–Crippen MR) is 96.2 cm³/mol. The molecule has 1 saturated heterocycles. The largest absolute Gasteiger partial charge is 0.493 e. The van der Waals surface area contributed by atoms with Gasteiger partial charge in [0.2, 0.25) is 0 Å². The van der Waals surface area contributed by atoms with Crippen molar-refractivity contribution in [3.63, 3.8) is 0 Å². The predicted octanol–water partition coefficient (Wildman–Crippen LogP) is 3.49. The van der Waals surface area contributed by atoms with E-state index in [2.05, 4.69) is 20.3 Å². The minimum absolute atomic E-state index is 0.493. The number of benzene rings is 1. The van der Waals surface area contributed by atoms with Gasteiger partial charge in [-0.1, -0.05) is 0 Å². The van der Waals surface area contributed by atoms with Gasteiger partial charge in [-0.05, 0) is 43.0 Å². The minimum atomic E-state index is 0.493. The fourth-order valence-corrected chi connectivity index (χ4v) is 2.87. The first-order chi connectivity index (χ1) is 12.3. The Morgan fingerprint density at radius 2 is 2.08 bits per heavy atom. The number of nitrogens with zero attached hydrogens (tertiary/aromatic N) is 3. The number of aryl methyl sites for hydroxylation is 1. The quantitative estimate of drug-likeness (QED) is 0.769. The van der Waals surface area contributed by atoms with E-state index in [-0.39, 0.29) is 0 Å². The zero-order chi connectivity index (χ0) is 17.1. The summed E-state index contributed by atoms with van der Waals surface area (Å²) in [5.74, 6) is 2.88. The summed E-state index contributed by atoms with van der Waals surface area (Å²) in [7, 11) is 0. The number of anilines is 2. The van der Waals surface area contributed by atoms with Crippen LogP contribution in [0.25, 0.3) is 10.8 Å². The maximum Gasteiger partial charge on any atom is 0.138 e. The summed E-state index contributed by atoms with van der Waals surface area (Å²) < 4.78 is 11.3. The Balaban J connectivity index is 1.53. The normalized spacial score (nSPS) is 16.9. The van der Waals surface area contributed by atoms with Crippen LogP contribution < -0.4 is 10.1 Å². The number of nitrogens with one attached hydrogen (secondary N) is 1. The van der Waals surface area contributed by atoms with Crippen LogP contribution in [-0.2, 0) is 4.74 Å². The number of hydrogen-bond acceptors (Lipinski definition) is 6. The third-order valence-corrected chi connectivity index (χ3v) is 4.29. The fraction of sp³-hybridized carbons (Fsp3) is 0.316. The molecule has 1 atom stereocenters. The Labute approximate surface area is 146 Å². The SMILES string of the molecule is Cc1ncc(Nc2nccc3cc(OCC4CCOC4)ccc23)cn1. The Bertz CT molecular complexity index is 861.